The maximum absolute atomic E-state index is 13.5. The summed E-state index contributed by atoms with van der Waals surface area (Å²) in [6, 6.07) is 18.3. The first kappa shape index (κ1) is 23.9. The highest BCUT2D eigenvalue weighted by Gasteiger charge is 2.28. The average Bonchev–Trinajstić information content (AvgIpc) is 2.79. The summed E-state index contributed by atoms with van der Waals surface area (Å²) in [5, 5.41) is 2.81. The zero-order chi connectivity index (χ0) is 23.3. The molecule has 0 aromatic heterocycles. The van der Waals surface area contributed by atoms with Crippen molar-refractivity contribution in [3.8, 4) is 11.5 Å². The lowest BCUT2D eigenvalue weighted by Gasteiger charge is -2.25. The molecule has 0 bridgehead atoms. The lowest BCUT2D eigenvalue weighted by molar-refractivity contribution is -0.114. The predicted octanol–water partition coefficient (Wildman–Crippen LogP) is 4.45. The Bertz CT molecular complexity index is 1220. The van der Waals surface area contributed by atoms with Crippen LogP contribution in [-0.4, -0.2) is 35.1 Å². The van der Waals surface area contributed by atoms with Crippen molar-refractivity contribution < 1.29 is 22.7 Å². The lowest BCUT2D eigenvalue weighted by Crippen LogP contribution is -2.38. The number of carbonyl (C=O) groups excluding carboxylic acids is 1. The number of nitrogens with zero attached hydrogens (tertiary/aromatic N) is 1. The summed E-state index contributed by atoms with van der Waals surface area (Å²) in [5.41, 5.74) is 1.79. The number of rotatable bonds is 8. The summed E-state index contributed by atoms with van der Waals surface area (Å²) in [5.74, 6) is 0.336. The number of halogens is 1. The van der Waals surface area contributed by atoms with Crippen LogP contribution in [0.25, 0.3) is 0 Å². The fourth-order valence-electron chi connectivity index (χ4n) is 3.10. The van der Waals surface area contributed by atoms with Crippen molar-refractivity contribution >= 4 is 49.9 Å². The number of benzene rings is 3. The summed E-state index contributed by atoms with van der Waals surface area (Å²) in [6.45, 7) is 1.46. The monoisotopic (exact) mass is 566 g/mol. The molecule has 0 unspecified atom stereocenters. The van der Waals surface area contributed by atoms with Gasteiger partial charge in [-0.15, -0.1) is 0 Å². The Kier molecular flexibility index (Phi) is 7.62. The van der Waals surface area contributed by atoms with Gasteiger partial charge in [0.15, 0.2) is 11.5 Å². The third-order valence-corrected chi connectivity index (χ3v) is 7.20. The van der Waals surface area contributed by atoms with Gasteiger partial charge in [-0.2, -0.15) is 0 Å². The molecular weight excluding hydrogens is 543 g/mol. The van der Waals surface area contributed by atoms with Crippen LogP contribution in [0.2, 0.25) is 0 Å². The quantitative estimate of drug-likeness (QED) is 0.408. The number of carbonyl (C=O) groups is 1. The number of methoxy groups -OCH3 is 2. The van der Waals surface area contributed by atoms with Crippen LogP contribution >= 0.6 is 22.6 Å². The third kappa shape index (κ3) is 5.33. The van der Waals surface area contributed by atoms with E-state index >= 15 is 0 Å². The molecule has 0 fully saturated rings. The topological polar surface area (TPSA) is 84.9 Å². The Labute approximate surface area is 201 Å². The Morgan fingerprint density at radius 1 is 0.969 bits per heavy atom. The Morgan fingerprint density at radius 2 is 1.66 bits per heavy atom. The van der Waals surface area contributed by atoms with Crippen LogP contribution in [0.1, 0.15) is 5.56 Å². The Hall–Kier alpha value is -2.79. The molecular formula is C23H23IN2O5S. The number of nitrogens with one attached hydrogen (secondary N) is 1. The van der Waals surface area contributed by atoms with Gasteiger partial charge >= 0.3 is 0 Å². The number of ether oxygens (including phenoxy) is 2. The van der Waals surface area contributed by atoms with Crippen molar-refractivity contribution in [2.45, 2.75) is 11.8 Å². The van der Waals surface area contributed by atoms with Gasteiger partial charge in [0.2, 0.25) is 5.91 Å². The zero-order valence-corrected chi connectivity index (χ0v) is 20.8. The highest BCUT2D eigenvalue weighted by molar-refractivity contribution is 14.1. The van der Waals surface area contributed by atoms with E-state index < -0.39 is 22.5 Å². The maximum atomic E-state index is 13.5. The van der Waals surface area contributed by atoms with Gasteiger partial charge in [-0.25, -0.2) is 8.42 Å². The van der Waals surface area contributed by atoms with Crippen molar-refractivity contribution in [1.29, 1.82) is 0 Å². The zero-order valence-electron chi connectivity index (χ0n) is 17.8. The van der Waals surface area contributed by atoms with Gasteiger partial charge in [0.25, 0.3) is 10.0 Å². The minimum atomic E-state index is -4.03. The largest absolute Gasteiger partial charge is 0.493 e. The van der Waals surface area contributed by atoms with E-state index in [2.05, 4.69) is 27.9 Å². The van der Waals surface area contributed by atoms with Gasteiger partial charge in [-0.3, -0.25) is 9.10 Å². The van der Waals surface area contributed by atoms with Gasteiger partial charge in [-0.05, 0) is 77.5 Å². The third-order valence-electron chi connectivity index (χ3n) is 4.74. The van der Waals surface area contributed by atoms with E-state index in [1.165, 1.54) is 32.4 Å². The van der Waals surface area contributed by atoms with Crippen LogP contribution in [0.15, 0.2) is 71.6 Å². The van der Waals surface area contributed by atoms with Crippen molar-refractivity contribution in [3.63, 3.8) is 0 Å². The van der Waals surface area contributed by atoms with Crippen molar-refractivity contribution in [1.82, 2.24) is 0 Å². The Balaban J connectivity index is 2.00. The molecule has 0 aliphatic heterocycles. The number of sulfonamides is 1. The highest BCUT2D eigenvalue weighted by Crippen LogP contribution is 2.33. The molecule has 3 aromatic carbocycles. The smallest absolute Gasteiger partial charge is 0.264 e. The van der Waals surface area contributed by atoms with Crippen LogP contribution in [0, 0.1) is 10.5 Å². The van der Waals surface area contributed by atoms with Crippen LogP contribution < -0.4 is 19.1 Å². The summed E-state index contributed by atoms with van der Waals surface area (Å²) in [7, 11) is -1.07. The standard InChI is InChI=1S/C23H23IN2O5S/c1-16-13-17(24)9-11-20(16)25-23(27)15-26(32(28,29)19-7-5-4-6-8-19)18-10-12-21(30-2)22(14-18)31-3/h4-14H,15H2,1-3H3,(H,25,27). The minimum absolute atomic E-state index is 0.0769. The summed E-state index contributed by atoms with van der Waals surface area (Å²) in [4.78, 5) is 13.0. The molecule has 0 radical (unpaired) electrons. The summed E-state index contributed by atoms with van der Waals surface area (Å²) in [6.07, 6.45) is 0. The second-order valence-electron chi connectivity index (χ2n) is 6.87. The number of aryl methyl sites for hydroxylation is 1. The van der Waals surface area contributed by atoms with Crippen LogP contribution in [0.5, 0.6) is 11.5 Å². The molecule has 32 heavy (non-hydrogen) atoms. The van der Waals surface area contributed by atoms with E-state index in [1.54, 1.807) is 36.4 Å². The van der Waals surface area contributed by atoms with Gasteiger partial charge in [0, 0.05) is 15.3 Å². The van der Waals surface area contributed by atoms with E-state index in [9.17, 15) is 13.2 Å². The van der Waals surface area contributed by atoms with E-state index in [-0.39, 0.29) is 10.6 Å². The van der Waals surface area contributed by atoms with Gasteiger partial charge in [0.05, 0.1) is 24.8 Å². The van der Waals surface area contributed by atoms with E-state index in [4.69, 9.17) is 9.47 Å². The van der Waals surface area contributed by atoms with Crippen molar-refractivity contribution in [3.05, 3.63) is 75.9 Å². The molecule has 3 aromatic rings. The minimum Gasteiger partial charge on any atom is -0.493 e. The maximum Gasteiger partial charge on any atom is 0.264 e. The van der Waals surface area contributed by atoms with Crippen molar-refractivity contribution in [2.75, 3.05) is 30.4 Å². The first-order valence-electron chi connectivity index (χ1n) is 9.62. The second kappa shape index (κ2) is 10.2. The number of amides is 1. The molecule has 0 saturated carbocycles. The van der Waals surface area contributed by atoms with E-state index in [0.29, 0.717) is 17.2 Å². The predicted molar refractivity (Wildman–Crippen MR) is 133 cm³/mol. The van der Waals surface area contributed by atoms with E-state index in [1.807, 2.05) is 19.1 Å². The number of hydrogen-bond acceptors (Lipinski definition) is 5. The van der Waals surface area contributed by atoms with Gasteiger partial charge < -0.3 is 14.8 Å². The lowest BCUT2D eigenvalue weighted by atomic mass is 10.2. The van der Waals surface area contributed by atoms with Crippen LogP contribution in [-0.2, 0) is 14.8 Å². The molecule has 0 atom stereocenters. The molecule has 1 amide bonds. The number of hydrogen-bond donors (Lipinski definition) is 1. The molecule has 0 aliphatic rings. The second-order valence-corrected chi connectivity index (χ2v) is 9.98. The molecule has 9 heteroatoms. The van der Waals surface area contributed by atoms with Gasteiger partial charge in [0.1, 0.15) is 6.54 Å². The summed E-state index contributed by atoms with van der Waals surface area (Å²) >= 11 is 2.19. The molecule has 0 heterocycles. The molecule has 0 spiro atoms. The molecule has 7 nitrogen and oxygen atoms in total. The normalized spacial score (nSPS) is 11.0. The fraction of sp³-hybridized carbons (Fsp3) is 0.174. The van der Waals surface area contributed by atoms with Crippen LogP contribution in [0.3, 0.4) is 0 Å². The molecule has 0 saturated heterocycles. The molecule has 0 aliphatic carbocycles. The molecule has 3 rings (SSSR count). The van der Waals surface area contributed by atoms with E-state index in [0.717, 1.165) is 13.4 Å². The number of anilines is 2. The van der Waals surface area contributed by atoms with Crippen molar-refractivity contribution in [2.24, 2.45) is 0 Å². The summed E-state index contributed by atoms with van der Waals surface area (Å²) < 4.78 is 39.6. The first-order chi connectivity index (χ1) is 15.3. The molecule has 1 N–H and O–H groups in total. The highest BCUT2D eigenvalue weighted by atomic mass is 127. The average molecular weight is 566 g/mol. The Morgan fingerprint density at radius 3 is 2.28 bits per heavy atom. The fourth-order valence-corrected chi connectivity index (χ4v) is 5.18. The van der Waals surface area contributed by atoms with Gasteiger partial charge in [-0.1, -0.05) is 18.2 Å². The SMILES string of the molecule is COc1ccc(N(CC(=O)Nc2ccc(I)cc2C)S(=O)(=O)c2ccccc2)cc1OC. The first-order valence-corrected chi connectivity index (χ1v) is 12.1. The van der Waals surface area contributed by atoms with Crippen LogP contribution in [0.4, 0.5) is 11.4 Å². The molecule has 168 valence electrons.